The van der Waals surface area contributed by atoms with E-state index in [4.69, 9.17) is 5.26 Å². The van der Waals surface area contributed by atoms with E-state index in [1.165, 1.54) is 6.42 Å². The van der Waals surface area contributed by atoms with Crippen LogP contribution in [0.4, 0.5) is 0 Å². The molecule has 0 aliphatic carbocycles. The van der Waals surface area contributed by atoms with Crippen LogP contribution in [-0.2, 0) is 0 Å². The van der Waals surface area contributed by atoms with Crippen molar-refractivity contribution >= 4 is 0 Å². The summed E-state index contributed by atoms with van der Waals surface area (Å²) in [6.07, 6.45) is 1.87. The Hall–Kier alpha value is -0.550. The molecule has 0 saturated carbocycles. The molecule has 1 saturated heterocycles. The van der Waals surface area contributed by atoms with Crippen LogP contribution in [0.15, 0.2) is 0 Å². The monoisotopic (exact) mass is 96.1 g/mol. The Morgan fingerprint density at radius 2 is 2.57 bits per heavy atom. The molecule has 1 rings (SSSR count). The maximum absolute atomic E-state index is 8.11. The van der Waals surface area contributed by atoms with E-state index in [0.29, 0.717) is 12.5 Å². The highest BCUT2D eigenvalue weighted by molar-refractivity contribution is 4.86. The van der Waals surface area contributed by atoms with Crippen molar-refractivity contribution in [2.45, 2.75) is 18.9 Å². The Bertz CT molecular complexity index is 88.7. The predicted octanol–water partition coefficient (Wildman–Crippen LogP) is 0.262. The van der Waals surface area contributed by atoms with Crippen LogP contribution in [0.25, 0.3) is 0 Å². The van der Waals surface area contributed by atoms with Gasteiger partial charge in [0.1, 0.15) is 0 Å². The summed E-state index contributed by atoms with van der Waals surface area (Å²) in [5.41, 5.74) is 0. The number of nitriles is 1. The molecule has 0 aromatic carbocycles. The van der Waals surface area contributed by atoms with Crippen LogP contribution < -0.4 is 5.32 Å². The zero-order valence-electron chi connectivity index (χ0n) is 4.15. The zero-order chi connectivity index (χ0) is 5.11. The van der Waals surface area contributed by atoms with E-state index in [-0.39, 0.29) is 0 Å². The van der Waals surface area contributed by atoms with Crippen molar-refractivity contribution in [3.05, 3.63) is 0 Å². The largest absolute Gasteiger partial charge is 0.313 e. The SMILES string of the molecule is N#CC[C@@H]1CCN1. The van der Waals surface area contributed by atoms with Gasteiger partial charge in [0.2, 0.25) is 0 Å². The van der Waals surface area contributed by atoms with Gasteiger partial charge in [0.15, 0.2) is 0 Å². The minimum Gasteiger partial charge on any atom is -0.313 e. The van der Waals surface area contributed by atoms with E-state index in [9.17, 15) is 0 Å². The quantitative estimate of drug-likeness (QED) is 0.508. The van der Waals surface area contributed by atoms with Crippen molar-refractivity contribution in [3.63, 3.8) is 0 Å². The van der Waals surface area contributed by atoms with Crippen LogP contribution in [0.2, 0.25) is 0 Å². The standard InChI is InChI=1S/C5H8N2/c6-3-1-5-2-4-7-5/h5,7H,1-2,4H2/t5-/m1/s1. The molecule has 0 spiro atoms. The lowest BCUT2D eigenvalue weighted by Crippen LogP contribution is -2.42. The third kappa shape index (κ3) is 0.908. The van der Waals surface area contributed by atoms with Crippen LogP contribution in [0, 0.1) is 11.3 Å². The van der Waals surface area contributed by atoms with Crippen molar-refractivity contribution in [3.8, 4) is 6.07 Å². The van der Waals surface area contributed by atoms with Gasteiger partial charge in [0.05, 0.1) is 12.5 Å². The second-order valence-corrected chi connectivity index (χ2v) is 1.80. The minimum absolute atomic E-state index is 0.519. The molecule has 0 aromatic rings. The summed E-state index contributed by atoms with van der Waals surface area (Å²) in [4.78, 5) is 0. The highest BCUT2D eigenvalue weighted by atomic mass is 15.0. The van der Waals surface area contributed by atoms with Gasteiger partial charge in [-0.15, -0.1) is 0 Å². The second-order valence-electron chi connectivity index (χ2n) is 1.80. The molecule has 38 valence electrons. The lowest BCUT2D eigenvalue weighted by atomic mass is 10.1. The number of nitrogens with zero attached hydrogens (tertiary/aromatic N) is 1. The summed E-state index contributed by atoms with van der Waals surface area (Å²) >= 11 is 0. The lowest BCUT2D eigenvalue weighted by Gasteiger charge is -2.24. The number of hydrogen-bond acceptors (Lipinski definition) is 2. The number of rotatable bonds is 1. The first-order valence-corrected chi connectivity index (χ1v) is 2.54. The molecule has 2 heteroatoms. The number of hydrogen-bond donors (Lipinski definition) is 1. The van der Waals surface area contributed by atoms with Crippen molar-refractivity contribution in [2.24, 2.45) is 0 Å². The third-order valence-electron chi connectivity index (χ3n) is 1.26. The molecule has 1 heterocycles. The molecule has 1 aliphatic heterocycles. The summed E-state index contributed by atoms with van der Waals surface area (Å²) < 4.78 is 0. The van der Waals surface area contributed by atoms with Gasteiger partial charge in [-0.1, -0.05) is 0 Å². The van der Waals surface area contributed by atoms with Gasteiger partial charge in [-0.25, -0.2) is 0 Å². The van der Waals surface area contributed by atoms with Crippen molar-refractivity contribution in [2.75, 3.05) is 6.54 Å². The average Bonchev–Trinajstić information content (AvgIpc) is 1.55. The van der Waals surface area contributed by atoms with Gasteiger partial charge >= 0.3 is 0 Å². The lowest BCUT2D eigenvalue weighted by molar-refractivity contribution is 0.377. The average molecular weight is 96.1 g/mol. The Morgan fingerprint density at radius 3 is 2.71 bits per heavy atom. The first kappa shape index (κ1) is 4.61. The molecule has 0 unspecified atom stereocenters. The molecule has 1 N–H and O–H groups in total. The van der Waals surface area contributed by atoms with Gasteiger partial charge < -0.3 is 5.32 Å². The van der Waals surface area contributed by atoms with E-state index >= 15 is 0 Å². The molecular formula is C5H8N2. The third-order valence-corrected chi connectivity index (χ3v) is 1.26. The zero-order valence-corrected chi connectivity index (χ0v) is 4.15. The van der Waals surface area contributed by atoms with Gasteiger partial charge in [0.25, 0.3) is 0 Å². The van der Waals surface area contributed by atoms with E-state index in [1.54, 1.807) is 0 Å². The van der Waals surface area contributed by atoms with Crippen LogP contribution in [0.3, 0.4) is 0 Å². The van der Waals surface area contributed by atoms with E-state index in [0.717, 1.165) is 6.54 Å². The summed E-state index contributed by atoms with van der Waals surface area (Å²) in [5, 5.41) is 11.2. The molecule has 1 atom stereocenters. The normalized spacial score (nSPS) is 28.1. The minimum atomic E-state index is 0.519. The molecular weight excluding hydrogens is 88.1 g/mol. The Morgan fingerprint density at radius 1 is 1.86 bits per heavy atom. The first-order chi connectivity index (χ1) is 3.43. The topological polar surface area (TPSA) is 35.8 Å². The molecule has 0 bridgehead atoms. The Balaban J connectivity index is 2.06. The van der Waals surface area contributed by atoms with E-state index < -0.39 is 0 Å². The maximum atomic E-state index is 8.11. The fourth-order valence-corrected chi connectivity index (χ4v) is 0.633. The van der Waals surface area contributed by atoms with Crippen LogP contribution in [-0.4, -0.2) is 12.6 Å². The van der Waals surface area contributed by atoms with Gasteiger partial charge in [-0.2, -0.15) is 5.26 Å². The Labute approximate surface area is 43.1 Å². The van der Waals surface area contributed by atoms with Crippen molar-refractivity contribution < 1.29 is 0 Å². The van der Waals surface area contributed by atoms with Crippen molar-refractivity contribution in [1.29, 1.82) is 5.26 Å². The highest BCUT2D eigenvalue weighted by Gasteiger charge is 2.14. The second kappa shape index (κ2) is 1.94. The maximum Gasteiger partial charge on any atom is 0.0638 e. The van der Waals surface area contributed by atoms with Gasteiger partial charge in [-0.3, -0.25) is 0 Å². The molecule has 1 fully saturated rings. The van der Waals surface area contributed by atoms with E-state index in [1.807, 2.05) is 0 Å². The molecule has 2 nitrogen and oxygen atoms in total. The molecule has 1 aliphatic rings. The molecule has 0 aromatic heterocycles. The smallest absolute Gasteiger partial charge is 0.0638 e. The molecule has 0 radical (unpaired) electrons. The first-order valence-electron chi connectivity index (χ1n) is 2.54. The Kier molecular flexibility index (Phi) is 1.28. The van der Waals surface area contributed by atoms with Crippen LogP contribution >= 0.6 is 0 Å². The van der Waals surface area contributed by atoms with E-state index in [2.05, 4.69) is 11.4 Å². The fourth-order valence-electron chi connectivity index (χ4n) is 0.633. The van der Waals surface area contributed by atoms with Crippen molar-refractivity contribution in [1.82, 2.24) is 5.32 Å². The summed E-state index contributed by atoms with van der Waals surface area (Å²) in [6, 6.07) is 2.63. The van der Waals surface area contributed by atoms with Crippen LogP contribution in [0.1, 0.15) is 12.8 Å². The summed E-state index contributed by atoms with van der Waals surface area (Å²) in [6.45, 7) is 1.10. The van der Waals surface area contributed by atoms with Gasteiger partial charge in [0, 0.05) is 6.04 Å². The highest BCUT2D eigenvalue weighted by Crippen LogP contribution is 2.03. The summed E-state index contributed by atoms with van der Waals surface area (Å²) in [5.74, 6) is 0. The summed E-state index contributed by atoms with van der Waals surface area (Å²) in [7, 11) is 0. The van der Waals surface area contributed by atoms with Gasteiger partial charge in [-0.05, 0) is 13.0 Å². The predicted molar refractivity (Wildman–Crippen MR) is 26.6 cm³/mol. The fraction of sp³-hybridized carbons (Fsp3) is 0.800. The van der Waals surface area contributed by atoms with Crippen LogP contribution in [0.5, 0.6) is 0 Å². The number of nitrogens with one attached hydrogen (secondary N) is 1. The molecule has 0 amide bonds. The molecule has 7 heavy (non-hydrogen) atoms.